The fourth-order valence-corrected chi connectivity index (χ4v) is 2.18. The molecule has 1 aromatic heterocycles. The van der Waals surface area contributed by atoms with Gasteiger partial charge in [0.2, 0.25) is 0 Å². The van der Waals surface area contributed by atoms with Gasteiger partial charge in [-0.15, -0.1) is 0 Å². The van der Waals surface area contributed by atoms with Crippen LogP contribution in [0.2, 0.25) is 0 Å². The van der Waals surface area contributed by atoms with Gasteiger partial charge in [0.15, 0.2) is 0 Å². The van der Waals surface area contributed by atoms with Gasteiger partial charge >= 0.3 is 0 Å². The van der Waals surface area contributed by atoms with Gasteiger partial charge in [0.25, 0.3) is 0 Å². The van der Waals surface area contributed by atoms with E-state index in [1.165, 1.54) is 24.0 Å². The minimum absolute atomic E-state index is 0.293. The number of nitrogen functional groups attached to an aromatic ring is 1. The SMILES string of the molecule is Nc1ccc(CCNc2ncnc3ccc(F)cc23)cc1. The zero-order chi connectivity index (χ0) is 14.7. The highest BCUT2D eigenvalue weighted by molar-refractivity contribution is 5.88. The maximum Gasteiger partial charge on any atom is 0.137 e. The standard InChI is InChI=1S/C16H15FN4/c17-12-3-6-15-14(9-12)16(21-10-20-15)19-8-7-11-1-4-13(18)5-2-11/h1-6,9-10H,7-8,18H2,(H,19,20,21). The van der Waals surface area contributed by atoms with Crippen LogP contribution >= 0.6 is 0 Å². The van der Waals surface area contributed by atoms with E-state index in [2.05, 4.69) is 15.3 Å². The van der Waals surface area contributed by atoms with Gasteiger partial charge < -0.3 is 11.1 Å². The van der Waals surface area contributed by atoms with E-state index in [1.54, 1.807) is 6.07 Å². The van der Waals surface area contributed by atoms with E-state index < -0.39 is 0 Å². The molecule has 0 bridgehead atoms. The molecule has 0 aliphatic rings. The molecular weight excluding hydrogens is 267 g/mol. The first-order valence-corrected chi connectivity index (χ1v) is 6.71. The van der Waals surface area contributed by atoms with E-state index in [9.17, 15) is 4.39 Å². The molecule has 0 fully saturated rings. The number of halogens is 1. The van der Waals surface area contributed by atoms with Crippen molar-refractivity contribution in [1.82, 2.24) is 9.97 Å². The number of benzene rings is 2. The van der Waals surface area contributed by atoms with E-state index in [4.69, 9.17) is 5.73 Å². The number of aromatic nitrogens is 2. The number of rotatable bonds is 4. The first-order valence-electron chi connectivity index (χ1n) is 6.71. The number of nitrogens with zero attached hydrogens (tertiary/aromatic N) is 2. The number of fused-ring (bicyclic) bond motifs is 1. The zero-order valence-corrected chi connectivity index (χ0v) is 11.4. The minimum Gasteiger partial charge on any atom is -0.399 e. The third kappa shape index (κ3) is 3.08. The number of nitrogens with one attached hydrogen (secondary N) is 1. The van der Waals surface area contributed by atoms with Gasteiger partial charge in [-0.2, -0.15) is 0 Å². The molecule has 1 heterocycles. The Hall–Kier alpha value is -2.69. The van der Waals surface area contributed by atoms with Crippen molar-refractivity contribution in [2.75, 3.05) is 17.6 Å². The van der Waals surface area contributed by atoms with Crippen LogP contribution in [0.3, 0.4) is 0 Å². The lowest BCUT2D eigenvalue weighted by molar-refractivity contribution is 0.629. The van der Waals surface area contributed by atoms with Gasteiger partial charge in [-0.3, -0.25) is 0 Å². The molecular formula is C16H15FN4. The van der Waals surface area contributed by atoms with E-state index >= 15 is 0 Å². The molecule has 0 radical (unpaired) electrons. The van der Waals surface area contributed by atoms with Crippen molar-refractivity contribution in [1.29, 1.82) is 0 Å². The number of anilines is 2. The minimum atomic E-state index is -0.293. The Morgan fingerprint density at radius 2 is 1.86 bits per heavy atom. The van der Waals surface area contributed by atoms with Crippen LogP contribution in [-0.2, 0) is 6.42 Å². The first kappa shape index (κ1) is 13.3. The number of nitrogens with two attached hydrogens (primary N) is 1. The highest BCUT2D eigenvalue weighted by Gasteiger charge is 2.04. The predicted octanol–water partition coefficient (Wildman–Crippen LogP) is 3.01. The normalized spacial score (nSPS) is 10.7. The molecule has 106 valence electrons. The van der Waals surface area contributed by atoms with Gasteiger partial charge in [-0.25, -0.2) is 14.4 Å². The second-order valence-corrected chi connectivity index (χ2v) is 4.80. The molecule has 3 N–H and O–H groups in total. The quantitative estimate of drug-likeness (QED) is 0.722. The van der Waals surface area contributed by atoms with Crippen LogP contribution < -0.4 is 11.1 Å². The van der Waals surface area contributed by atoms with Crippen LogP contribution in [0.15, 0.2) is 48.8 Å². The summed E-state index contributed by atoms with van der Waals surface area (Å²) in [6, 6.07) is 12.2. The summed E-state index contributed by atoms with van der Waals surface area (Å²) in [5.41, 5.74) is 8.31. The van der Waals surface area contributed by atoms with Gasteiger partial charge in [0.1, 0.15) is 18.0 Å². The Labute approximate surface area is 121 Å². The summed E-state index contributed by atoms with van der Waals surface area (Å²) in [7, 11) is 0. The Morgan fingerprint density at radius 1 is 1.05 bits per heavy atom. The molecule has 0 saturated carbocycles. The van der Waals surface area contributed by atoms with Crippen LogP contribution in [0.1, 0.15) is 5.56 Å². The molecule has 3 rings (SSSR count). The van der Waals surface area contributed by atoms with Crippen LogP contribution in [0.5, 0.6) is 0 Å². The van der Waals surface area contributed by atoms with Crippen molar-refractivity contribution >= 4 is 22.4 Å². The molecule has 0 amide bonds. The van der Waals surface area contributed by atoms with Gasteiger partial charge in [-0.1, -0.05) is 12.1 Å². The molecule has 0 unspecified atom stereocenters. The molecule has 0 saturated heterocycles. The smallest absolute Gasteiger partial charge is 0.137 e. The summed E-state index contributed by atoms with van der Waals surface area (Å²) in [5, 5.41) is 3.92. The van der Waals surface area contributed by atoms with Crippen molar-refractivity contribution < 1.29 is 4.39 Å². The molecule has 21 heavy (non-hydrogen) atoms. The highest BCUT2D eigenvalue weighted by atomic mass is 19.1. The molecule has 3 aromatic rings. The molecule has 0 spiro atoms. The largest absolute Gasteiger partial charge is 0.399 e. The van der Waals surface area contributed by atoms with Crippen LogP contribution in [0.25, 0.3) is 10.9 Å². The summed E-state index contributed by atoms with van der Waals surface area (Å²) in [6.07, 6.45) is 2.31. The fraction of sp³-hybridized carbons (Fsp3) is 0.125. The maximum absolute atomic E-state index is 13.3. The average Bonchev–Trinajstić information content (AvgIpc) is 2.50. The maximum atomic E-state index is 13.3. The Bertz CT molecular complexity index is 756. The lowest BCUT2D eigenvalue weighted by atomic mass is 10.1. The van der Waals surface area contributed by atoms with Crippen LogP contribution in [-0.4, -0.2) is 16.5 Å². The number of hydrogen-bond donors (Lipinski definition) is 2. The Morgan fingerprint density at radius 3 is 2.67 bits per heavy atom. The second-order valence-electron chi connectivity index (χ2n) is 4.80. The predicted molar refractivity (Wildman–Crippen MR) is 82.5 cm³/mol. The summed E-state index contributed by atoms with van der Waals surface area (Å²) in [5.74, 6) is 0.355. The van der Waals surface area contributed by atoms with Crippen LogP contribution in [0.4, 0.5) is 15.9 Å². The fourth-order valence-electron chi connectivity index (χ4n) is 2.18. The molecule has 0 atom stereocenters. The Kier molecular flexibility index (Phi) is 3.64. The van der Waals surface area contributed by atoms with Gasteiger partial charge in [0.05, 0.1) is 5.52 Å². The number of hydrogen-bond acceptors (Lipinski definition) is 4. The van der Waals surface area contributed by atoms with E-state index in [1.807, 2.05) is 24.3 Å². The topological polar surface area (TPSA) is 63.8 Å². The summed E-state index contributed by atoms with van der Waals surface area (Å²) >= 11 is 0. The third-order valence-electron chi connectivity index (χ3n) is 3.28. The summed E-state index contributed by atoms with van der Waals surface area (Å²) < 4.78 is 13.3. The van der Waals surface area contributed by atoms with Crippen molar-refractivity contribution in [2.45, 2.75) is 6.42 Å². The lowest BCUT2D eigenvalue weighted by Gasteiger charge is -2.08. The molecule has 0 aliphatic heterocycles. The first-order chi connectivity index (χ1) is 10.2. The van der Waals surface area contributed by atoms with Gasteiger partial charge in [-0.05, 0) is 42.3 Å². The molecule has 4 nitrogen and oxygen atoms in total. The summed E-state index contributed by atoms with van der Waals surface area (Å²) in [6.45, 7) is 0.701. The van der Waals surface area contributed by atoms with Crippen molar-refractivity contribution in [3.63, 3.8) is 0 Å². The Balaban J connectivity index is 1.73. The molecule has 5 heteroatoms. The van der Waals surface area contributed by atoms with Crippen molar-refractivity contribution in [3.8, 4) is 0 Å². The third-order valence-corrected chi connectivity index (χ3v) is 3.28. The monoisotopic (exact) mass is 282 g/mol. The zero-order valence-electron chi connectivity index (χ0n) is 11.4. The molecule has 0 aliphatic carbocycles. The van der Waals surface area contributed by atoms with Crippen LogP contribution in [0, 0.1) is 5.82 Å². The summed E-state index contributed by atoms with van der Waals surface area (Å²) in [4.78, 5) is 8.31. The lowest BCUT2D eigenvalue weighted by Crippen LogP contribution is -2.07. The van der Waals surface area contributed by atoms with Crippen molar-refractivity contribution in [3.05, 3.63) is 60.2 Å². The van der Waals surface area contributed by atoms with Gasteiger partial charge in [0, 0.05) is 17.6 Å². The second kappa shape index (κ2) is 5.75. The van der Waals surface area contributed by atoms with E-state index in [0.717, 1.165) is 17.6 Å². The van der Waals surface area contributed by atoms with E-state index in [0.29, 0.717) is 17.7 Å². The molecule has 2 aromatic carbocycles. The van der Waals surface area contributed by atoms with E-state index in [-0.39, 0.29) is 5.82 Å². The average molecular weight is 282 g/mol. The highest BCUT2D eigenvalue weighted by Crippen LogP contribution is 2.20. The van der Waals surface area contributed by atoms with Crippen molar-refractivity contribution in [2.24, 2.45) is 0 Å².